The van der Waals surface area contributed by atoms with E-state index < -0.39 is 28.2 Å². The molecule has 32 heavy (non-hydrogen) atoms. The van der Waals surface area contributed by atoms with E-state index in [-0.39, 0.29) is 31.1 Å². The summed E-state index contributed by atoms with van der Waals surface area (Å²) in [6, 6.07) is 13.3. The van der Waals surface area contributed by atoms with Gasteiger partial charge in [0.15, 0.2) is 0 Å². The number of benzene rings is 2. The molecule has 0 spiro atoms. The number of aliphatic hydroxyl groups is 2. The predicted octanol–water partition coefficient (Wildman–Crippen LogP) is 3.68. The zero-order valence-corrected chi connectivity index (χ0v) is 17.9. The second-order valence-electron chi connectivity index (χ2n) is 6.73. The third-order valence-electron chi connectivity index (χ3n) is 4.43. The SMILES string of the molecule is CN(CCC(Oc1ccc(C(F)(F)F)cc1)c1ccccc1)C(O)(O)SCCO[N+](=O)[O-]. The van der Waals surface area contributed by atoms with Crippen LogP contribution in [0.3, 0.4) is 0 Å². The van der Waals surface area contributed by atoms with Gasteiger partial charge >= 0.3 is 6.18 Å². The van der Waals surface area contributed by atoms with Crippen LogP contribution < -0.4 is 4.74 Å². The van der Waals surface area contributed by atoms with Crippen molar-refractivity contribution < 1.29 is 38.0 Å². The van der Waals surface area contributed by atoms with Crippen molar-refractivity contribution in [3.05, 3.63) is 75.8 Å². The Morgan fingerprint density at radius 3 is 2.31 bits per heavy atom. The summed E-state index contributed by atoms with van der Waals surface area (Å²) in [6.45, 7) is -0.172. The van der Waals surface area contributed by atoms with E-state index >= 15 is 0 Å². The van der Waals surface area contributed by atoms with Crippen LogP contribution in [0.2, 0.25) is 0 Å². The van der Waals surface area contributed by atoms with Gasteiger partial charge in [-0.1, -0.05) is 42.1 Å². The van der Waals surface area contributed by atoms with Crippen molar-refractivity contribution in [2.45, 2.75) is 23.9 Å². The zero-order chi connectivity index (χ0) is 23.8. The molecule has 0 saturated carbocycles. The molecule has 0 aliphatic carbocycles. The highest BCUT2D eigenvalue weighted by Gasteiger charge is 2.31. The van der Waals surface area contributed by atoms with Gasteiger partial charge in [0, 0.05) is 18.7 Å². The van der Waals surface area contributed by atoms with Gasteiger partial charge in [0.1, 0.15) is 18.5 Å². The molecule has 0 aliphatic rings. The van der Waals surface area contributed by atoms with E-state index in [0.717, 1.165) is 17.7 Å². The number of nitrogens with zero attached hydrogens (tertiary/aromatic N) is 2. The molecule has 2 aromatic carbocycles. The maximum atomic E-state index is 12.8. The number of thioether (sulfide) groups is 1. The molecule has 0 amide bonds. The second-order valence-corrected chi connectivity index (χ2v) is 7.97. The summed E-state index contributed by atoms with van der Waals surface area (Å²) < 4.78 is 44.2. The summed E-state index contributed by atoms with van der Waals surface area (Å²) in [7, 11) is 1.45. The Morgan fingerprint density at radius 2 is 1.75 bits per heavy atom. The number of ether oxygens (including phenoxy) is 1. The van der Waals surface area contributed by atoms with Crippen LogP contribution in [0.1, 0.15) is 23.7 Å². The lowest BCUT2D eigenvalue weighted by atomic mass is 10.1. The third-order valence-corrected chi connectivity index (χ3v) is 5.50. The van der Waals surface area contributed by atoms with Crippen LogP contribution in [0.4, 0.5) is 13.2 Å². The average molecular weight is 476 g/mol. The van der Waals surface area contributed by atoms with Crippen LogP contribution in [-0.4, -0.2) is 51.4 Å². The first-order valence-electron chi connectivity index (χ1n) is 9.45. The quantitative estimate of drug-likeness (QED) is 0.207. The van der Waals surface area contributed by atoms with Gasteiger partial charge in [0.25, 0.3) is 10.3 Å². The molecular formula is C20H23F3N2O6S. The van der Waals surface area contributed by atoms with Crippen molar-refractivity contribution in [1.29, 1.82) is 0 Å². The first kappa shape index (κ1) is 25.7. The smallest absolute Gasteiger partial charge is 0.416 e. The van der Waals surface area contributed by atoms with Crippen LogP contribution in [0.5, 0.6) is 5.75 Å². The molecule has 2 N–H and O–H groups in total. The van der Waals surface area contributed by atoms with Crippen molar-refractivity contribution in [3.63, 3.8) is 0 Å². The minimum Gasteiger partial charge on any atom is -0.486 e. The zero-order valence-electron chi connectivity index (χ0n) is 17.1. The minimum absolute atomic E-state index is 0.0392. The van der Waals surface area contributed by atoms with Gasteiger partial charge in [0.05, 0.1) is 5.56 Å². The standard InChI is InChI=1S/C20H23F3N2O6S/c1-24(20(26,27)32-14-13-30-25(28)29)12-11-18(15-5-3-2-4-6-15)31-17-9-7-16(8-10-17)19(21,22)23/h2-10,18,26-27H,11-14H2,1H3. The fourth-order valence-electron chi connectivity index (χ4n) is 2.71. The molecule has 0 aliphatic heterocycles. The van der Waals surface area contributed by atoms with E-state index in [1.54, 1.807) is 30.3 Å². The first-order valence-corrected chi connectivity index (χ1v) is 10.4. The van der Waals surface area contributed by atoms with Gasteiger partial charge in [-0.2, -0.15) is 13.2 Å². The number of alkyl halides is 3. The summed E-state index contributed by atoms with van der Waals surface area (Å²) in [5.41, 5.74) is -0.0291. The monoisotopic (exact) mass is 476 g/mol. The minimum atomic E-state index is -4.45. The predicted molar refractivity (Wildman–Crippen MR) is 111 cm³/mol. The van der Waals surface area contributed by atoms with Gasteiger partial charge in [-0.3, -0.25) is 0 Å². The fraction of sp³-hybridized carbons (Fsp3) is 0.400. The lowest BCUT2D eigenvalue weighted by molar-refractivity contribution is -0.756. The number of halogens is 3. The molecule has 0 bridgehead atoms. The van der Waals surface area contributed by atoms with E-state index in [9.17, 15) is 33.5 Å². The maximum Gasteiger partial charge on any atom is 0.416 e. The molecule has 2 rings (SSSR count). The molecule has 0 aromatic heterocycles. The van der Waals surface area contributed by atoms with Crippen molar-refractivity contribution >= 4 is 11.8 Å². The molecule has 0 radical (unpaired) electrons. The Balaban J connectivity index is 2.03. The molecule has 0 fully saturated rings. The Kier molecular flexibility index (Phi) is 9.13. The Bertz CT molecular complexity index is 853. The molecular weight excluding hydrogens is 453 g/mol. The van der Waals surface area contributed by atoms with Crippen molar-refractivity contribution in [2.24, 2.45) is 0 Å². The molecule has 8 nitrogen and oxygen atoms in total. The van der Waals surface area contributed by atoms with Crippen LogP contribution in [0.15, 0.2) is 54.6 Å². The van der Waals surface area contributed by atoms with Crippen LogP contribution in [0.25, 0.3) is 0 Å². The summed E-state index contributed by atoms with van der Waals surface area (Å²) >= 11 is 0.644. The lowest BCUT2D eigenvalue weighted by Gasteiger charge is -2.32. The van der Waals surface area contributed by atoms with Gasteiger partial charge in [0.2, 0.25) is 0 Å². The normalized spacial score (nSPS) is 13.1. The van der Waals surface area contributed by atoms with Crippen molar-refractivity contribution in [1.82, 2.24) is 4.90 Å². The third kappa shape index (κ3) is 8.19. The molecule has 176 valence electrons. The van der Waals surface area contributed by atoms with E-state index in [4.69, 9.17) is 4.74 Å². The molecule has 0 heterocycles. The molecule has 0 saturated heterocycles. The van der Waals surface area contributed by atoms with Gasteiger partial charge in [-0.15, -0.1) is 10.1 Å². The fourth-order valence-corrected chi connectivity index (χ4v) is 3.45. The summed E-state index contributed by atoms with van der Waals surface area (Å²) in [4.78, 5) is 15.5. The number of hydrogen-bond acceptors (Lipinski definition) is 8. The number of hydrogen-bond donors (Lipinski definition) is 2. The second kappa shape index (κ2) is 11.4. The summed E-state index contributed by atoms with van der Waals surface area (Å²) in [5, 5.41) is 27.3. The molecule has 1 unspecified atom stereocenters. The van der Waals surface area contributed by atoms with E-state index in [1.165, 1.54) is 24.1 Å². The molecule has 1 atom stereocenters. The van der Waals surface area contributed by atoms with Gasteiger partial charge in [-0.25, -0.2) is 4.90 Å². The highest BCUT2D eigenvalue weighted by molar-refractivity contribution is 8.00. The first-order chi connectivity index (χ1) is 15.0. The lowest BCUT2D eigenvalue weighted by Crippen LogP contribution is -2.44. The van der Waals surface area contributed by atoms with Crippen LogP contribution in [-0.2, 0) is 11.0 Å². The van der Waals surface area contributed by atoms with Gasteiger partial charge < -0.3 is 19.8 Å². The van der Waals surface area contributed by atoms with Crippen LogP contribution in [0, 0.1) is 10.1 Å². The maximum absolute atomic E-state index is 12.8. The summed E-state index contributed by atoms with van der Waals surface area (Å²) in [6.07, 6.45) is -4.75. The highest BCUT2D eigenvalue weighted by atomic mass is 32.2. The topological polar surface area (TPSA) is 105 Å². The average Bonchev–Trinajstić information content (AvgIpc) is 2.74. The van der Waals surface area contributed by atoms with Gasteiger partial charge in [-0.05, 0) is 36.9 Å². The Morgan fingerprint density at radius 1 is 1.12 bits per heavy atom. The largest absolute Gasteiger partial charge is 0.486 e. The van der Waals surface area contributed by atoms with Crippen LogP contribution >= 0.6 is 11.8 Å². The van der Waals surface area contributed by atoms with E-state index in [1.807, 2.05) is 0 Å². The van der Waals surface area contributed by atoms with E-state index in [0.29, 0.717) is 11.8 Å². The summed E-state index contributed by atoms with van der Waals surface area (Å²) in [5.74, 6) is 0.197. The van der Waals surface area contributed by atoms with E-state index in [2.05, 4.69) is 4.84 Å². The Hall–Kier alpha value is -2.54. The van der Waals surface area contributed by atoms with Crippen molar-refractivity contribution in [3.8, 4) is 5.75 Å². The number of rotatable bonds is 12. The Labute approximate surface area is 186 Å². The highest BCUT2D eigenvalue weighted by Crippen LogP contribution is 2.32. The molecule has 12 heteroatoms. The molecule has 2 aromatic rings. The van der Waals surface area contributed by atoms with Crippen molar-refractivity contribution in [2.75, 3.05) is 26.0 Å².